The molecule has 2 aromatic heterocycles. The number of hydrogen-bond donors (Lipinski definition) is 1. The van der Waals surface area contributed by atoms with Crippen LogP contribution < -0.4 is 10.1 Å². The fraction of sp³-hybridized carbons (Fsp3) is 0.259. The van der Waals surface area contributed by atoms with Gasteiger partial charge in [-0.3, -0.25) is 9.59 Å². The van der Waals surface area contributed by atoms with Crippen molar-refractivity contribution in [2.45, 2.75) is 25.2 Å². The maximum Gasteiger partial charge on any atom is 0.261 e. The highest BCUT2D eigenvalue weighted by Gasteiger charge is 2.27. The van der Waals surface area contributed by atoms with Crippen molar-refractivity contribution >= 4 is 23.1 Å². The number of carbonyl (C=O) groups excluding carboxylic acids is 2. The Hall–Kier alpha value is -4.27. The summed E-state index contributed by atoms with van der Waals surface area (Å²) in [5, 5.41) is 7.33. The molecule has 184 valence electrons. The van der Waals surface area contributed by atoms with Gasteiger partial charge in [-0.05, 0) is 48.7 Å². The number of hydrogen-bond acceptors (Lipinski definition) is 5. The summed E-state index contributed by atoms with van der Waals surface area (Å²) in [7, 11) is 1.41. The number of fused-ring (bicyclic) bond motifs is 1. The highest BCUT2D eigenvalue weighted by Crippen LogP contribution is 2.28. The van der Waals surface area contributed by atoms with Gasteiger partial charge in [0, 0.05) is 30.9 Å². The molecular weight excluding hydrogens is 461 g/mol. The third kappa shape index (κ3) is 4.77. The maximum absolute atomic E-state index is 14.1. The van der Waals surface area contributed by atoms with Crippen LogP contribution in [0.2, 0.25) is 0 Å². The lowest BCUT2D eigenvalue weighted by molar-refractivity contribution is -0.131. The molecule has 4 aromatic rings. The van der Waals surface area contributed by atoms with Crippen molar-refractivity contribution < 1.29 is 18.7 Å². The number of likely N-dealkylation sites (tertiary alicyclic amines) is 1. The molecule has 8 nitrogen and oxygen atoms in total. The minimum atomic E-state index is -0.482. The zero-order chi connectivity index (χ0) is 25.1. The predicted molar refractivity (Wildman–Crippen MR) is 133 cm³/mol. The minimum absolute atomic E-state index is 0.0331. The van der Waals surface area contributed by atoms with Crippen LogP contribution in [0.3, 0.4) is 0 Å². The van der Waals surface area contributed by atoms with Crippen molar-refractivity contribution in [2.24, 2.45) is 0 Å². The third-order valence-electron chi connectivity index (χ3n) is 6.47. The van der Waals surface area contributed by atoms with E-state index in [1.54, 1.807) is 16.8 Å². The highest BCUT2D eigenvalue weighted by molar-refractivity contribution is 6.08. The number of anilines is 1. The average Bonchev–Trinajstić information content (AvgIpc) is 3.34. The molecule has 0 radical (unpaired) electrons. The fourth-order valence-corrected chi connectivity index (χ4v) is 4.65. The number of methoxy groups -OCH3 is 1. The van der Waals surface area contributed by atoms with E-state index >= 15 is 0 Å². The Morgan fingerprint density at radius 2 is 2.00 bits per heavy atom. The van der Waals surface area contributed by atoms with Gasteiger partial charge in [-0.1, -0.05) is 24.3 Å². The molecule has 0 saturated carbocycles. The fourth-order valence-electron chi connectivity index (χ4n) is 4.65. The molecule has 1 aliphatic rings. The van der Waals surface area contributed by atoms with Crippen LogP contribution in [0.25, 0.3) is 5.65 Å². The molecule has 0 aliphatic carbocycles. The van der Waals surface area contributed by atoms with E-state index in [9.17, 15) is 14.0 Å². The predicted octanol–water partition coefficient (Wildman–Crippen LogP) is 4.08. The van der Waals surface area contributed by atoms with E-state index in [1.807, 2.05) is 41.3 Å². The van der Waals surface area contributed by atoms with Gasteiger partial charge in [-0.15, -0.1) is 0 Å². The van der Waals surface area contributed by atoms with E-state index in [1.165, 1.54) is 25.4 Å². The Morgan fingerprint density at radius 1 is 1.17 bits per heavy atom. The second kappa shape index (κ2) is 10.2. The lowest BCUT2D eigenvalue weighted by Crippen LogP contribution is -2.40. The van der Waals surface area contributed by atoms with Crippen molar-refractivity contribution in [3.8, 4) is 5.75 Å². The Balaban J connectivity index is 1.32. The number of piperidine rings is 1. The summed E-state index contributed by atoms with van der Waals surface area (Å²) in [6.45, 7) is 1.16. The van der Waals surface area contributed by atoms with E-state index in [-0.39, 0.29) is 29.9 Å². The zero-order valence-corrected chi connectivity index (χ0v) is 19.9. The van der Waals surface area contributed by atoms with Gasteiger partial charge in [-0.25, -0.2) is 13.9 Å². The quantitative estimate of drug-likeness (QED) is 0.443. The van der Waals surface area contributed by atoms with E-state index < -0.39 is 5.82 Å². The van der Waals surface area contributed by atoms with Crippen molar-refractivity contribution in [2.75, 3.05) is 25.5 Å². The van der Waals surface area contributed by atoms with E-state index in [4.69, 9.17) is 4.74 Å². The van der Waals surface area contributed by atoms with Crippen LogP contribution in [-0.2, 0) is 11.2 Å². The summed E-state index contributed by atoms with van der Waals surface area (Å²) in [5.41, 5.74) is 3.04. The summed E-state index contributed by atoms with van der Waals surface area (Å²) in [6.07, 6.45) is 5.02. The van der Waals surface area contributed by atoms with Gasteiger partial charge in [0.2, 0.25) is 5.91 Å². The van der Waals surface area contributed by atoms with Crippen LogP contribution in [0.4, 0.5) is 10.1 Å². The van der Waals surface area contributed by atoms with Crippen molar-refractivity contribution in [1.82, 2.24) is 19.5 Å². The number of ether oxygens (including phenoxy) is 1. The first-order valence-electron chi connectivity index (χ1n) is 11.8. The first kappa shape index (κ1) is 23.5. The molecule has 3 heterocycles. The number of nitrogens with one attached hydrogen (secondary N) is 1. The summed E-state index contributed by atoms with van der Waals surface area (Å²) >= 11 is 0. The molecule has 1 N–H and O–H groups in total. The second-order valence-electron chi connectivity index (χ2n) is 8.81. The highest BCUT2D eigenvalue weighted by atomic mass is 19.1. The molecular formula is C27H26FN5O3. The molecule has 0 spiro atoms. The number of aromatic nitrogens is 3. The molecule has 36 heavy (non-hydrogen) atoms. The Bertz CT molecular complexity index is 1410. The molecule has 1 unspecified atom stereocenters. The third-order valence-corrected chi connectivity index (χ3v) is 6.47. The molecule has 9 heteroatoms. The average molecular weight is 488 g/mol. The van der Waals surface area contributed by atoms with Crippen LogP contribution in [0.1, 0.15) is 40.4 Å². The van der Waals surface area contributed by atoms with Crippen molar-refractivity contribution in [1.29, 1.82) is 0 Å². The van der Waals surface area contributed by atoms with Gasteiger partial charge >= 0.3 is 0 Å². The zero-order valence-electron chi connectivity index (χ0n) is 19.9. The molecule has 2 amide bonds. The number of para-hydroxylation sites is 1. The molecule has 1 saturated heterocycles. The van der Waals surface area contributed by atoms with Crippen molar-refractivity contribution in [3.05, 3.63) is 89.6 Å². The molecule has 2 aromatic carbocycles. The van der Waals surface area contributed by atoms with Crippen LogP contribution in [0.15, 0.2) is 67.0 Å². The summed E-state index contributed by atoms with van der Waals surface area (Å²) in [5.74, 6) is -0.636. The van der Waals surface area contributed by atoms with E-state index in [2.05, 4.69) is 15.4 Å². The number of amides is 2. The van der Waals surface area contributed by atoms with Crippen LogP contribution in [-0.4, -0.2) is 51.5 Å². The lowest BCUT2D eigenvalue weighted by atomic mass is 9.94. The summed E-state index contributed by atoms with van der Waals surface area (Å²) in [6, 6.07) is 15.7. The SMILES string of the molecule is COc1ccc(CC(=O)N2CCCC(c3ccnc4c(C(=O)Nc5ccccc5)cnn34)C2)cc1F. The van der Waals surface area contributed by atoms with Gasteiger partial charge in [0.15, 0.2) is 17.2 Å². The molecule has 0 bridgehead atoms. The van der Waals surface area contributed by atoms with Gasteiger partial charge in [0.05, 0.1) is 25.4 Å². The van der Waals surface area contributed by atoms with Gasteiger partial charge < -0.3 is 15.0 Å². The van der Waals surface area contributed by atoms with E-state index in [0.717, 1.165) is 18.5 Å². The number of benzene rings is 2. The van der Waals surface area contributed by atoms with Crippen LogP contribution >= 0.6 is 0 Å². The molecule has 1 fully saturated rings. The first-order valence-corrected chi connectivity index (χ1v) is 11.8. The molecule has 1 atom stereocenters. The number of nitrogens with zero attached hydrogens (tertiary/aromatic N) is 4. The first-order chi connectivity index (χ1) is 17.5. The van der Waals surface area contributed by atoms with Gasteiger partial charge in [0.25, 0.3) is 5.91 Å². The minimum Gasteiger partial charge on any atom is -0.494 e. The maximum atomic E-state index is 14.1. The number of rotatable bonds is 6. The largest absolute Gasteiger partial charge is 0.494 e. The van der Waals surface area contributed by atoms with E-state index in [0.29, 0.717) is 35.6 Å². The monoisotopic (exact) mass is 487 g/mol. The smallest absolute Gasteiger partial charge is 0.261 e. The second-order valence-corrected chi connectivity index (χ2v) is 8.81. The standard InChI is InChI=1S/C27H26FN5O3/c1-36-24-10-9-18(14-22(24)28)15-25(34)32-13-5-6-19(17-32)23-11-12-29-26-21(16-30-33(23)26)27(35)31-20-7-3-2-4-8-20/h2-4,7-12,14,16,19H,5-6,13,15,17H2,1H3,(H,31,35). The van der Waals surface area contributed by atoms with Crippen LogP contribution in [0, 0.1) is 5.82 Å². The van der Waals surface area contributed by atoms with Gasteiger partial charge in [-0.2, -0.15) is 5.10 Å². The Labute approximate surface area is 207 Å². The topological polar surface area (TPSA) is 88.8 Å². The number of halogens is 1. The van der Waals surface area contributed by atoms with Gasteiger partial charge in [0.1, 0.15) is 5.56 Å². The normalized spacial score (nSPS) is 15.6. The summed E-state index contributed by atoms with van der Waals surface area (Å²) < 4.78 is 20.7. The Morgan fingerprint density at radius 3 is 2.78 bits per heavy atom. The Kier molecular flexibility index (Phi) is 6.62. The number of carbonyl (C=O) groups is 2. The van der Waals surface area contributed by atoms with Crippen molar-refractivity contribution in [3.63, 3.8) is 0 Å². The molecule has 1 aliphatic heterocycles. The lowest BCUT2D eigenvalue weighted by Gasteiger charge is -2.33. The van der Waals surface area contributed by atoms with Crippen LogP contribution in [0.5, 0.6) is 5.75 Å². The summed E-state index contributed by atoms with van der Waals surface area (Å²) in [4.78, 5) is 32.1. The molecule has 5 rings (SSSR count).